The Labute approximate surface area is 261 Å². The van der Waals surface area contributed by atoms with E-state index in [1.165, 1.54) is 6.92 Å². The lowest BCUT2D eigenvalue weighted by molar-refractivity contribution is -0.156. The number of carbonyl (C=O) groups is 1. The van der Waals surface area contributed by atoms with Gasteiger partial charge in [-0.05, 0) is 56.8 Å². The zero-order valence-electron chi connectivity index (χ0n) is 27.9. The molecule has 0 unspecified atom stereocenters. The van der Waals surface area contributed by atoms with Crippen LogP contribution >= 0.6 is 0 Å². The second-order valence-corrected chi connectivity index (χ2v) is 20.4. The van der Waals surface area contributed by atoms with Gasteiger partial charge in [0.25, 0.3) is 0 Å². The molecule has 0 radical (unpaired) electrons. The molecule has 3 aliphatic rings. The lowest BCUT2D eigenvalue weighted by Crippen LogP contribution is -2.45. The third-order valence-electron chi connectivity index (χ3n) is 10.4. The molecule has 44 heavy (non-hydrogen) atoms. The lowest BCUT2D eigenvalue weighted by Gasteiger charge is -2.54. The largest absolute Gasteiger partial charge is 0.559 e. The first-order valence-electron chi connectivity index (χ1n) is 16.0. The summed E-state index contributed by atoms with van der Waals surface area (Å²) in [4.78, 5) is 17.9. The summed E-state index contributed by atoms with van der Waals surface area (Å²) in [6, 6.07) is 5.37. The number of rotatable bonds is 5. The standard InChI is InChI=1S/C35H48F3NO4Si/c1-20(2)28-26-27(34(17-11-12-18-34)42-30(26)22-13-15-23(16-14-22)35(36,37)38)25-24(43-44(9,10)32(4,5)6)19-33(7,8)31(29(25)39-28)41-21(3)40/h13-16,20,24,30-31H,11-12,17-19H2,1-10H3/q-1/t24-,30+,31+/m0/s1. The summed E-state index contributed by atoms with van der Waals surface area (Å²) in [6.45, 7) is 21.0. The molecule has 2 aliphatic carbocycles. The molecule has 5 nitrogen and oxygen atoms in total. The van der Waals surface area contributed by atoms with Crippen LogP contribution in [-0.2, 0) is 30.5 Å². The predicted octanol–water partition coefficient (Wildman–Crippen LogP) is 10.2. The summed E-state index contributed by atoms with van der Waals surface area (Å²) in [5.74, 6) is -0.366. The fourth-order valence-electron chi connectivity index (χ4n) is 7.18. The van der Waals surface area contributed by atoms with Gasteiger partial charge < -0.3 is 13.9 Å². The van der Waals surface area contributed by atoms with Crippen LogP contribution in [0.1, 0.15) is 151 Å². The smallest absolute Gasteiger partial charge is 0.416 e. The van der Waals surface area contributed by atoms with Crippen molar-refractivity contribution in [2.75, 3.05) is 0 Å². The van der Waals surface area contributed by atoms with E-state index >= 15 is 0 Å². The Morgan fingerprint density at radius 1 is 1.05 bits per heavy atom. The van der Waals surface area contributed by atoms with Crippen molar-refractivity contribution in [2.45, 2.75) is 142 Å². The number of halogens is 3. The van der Waals surface area contributed by atoms with Gasteiger partial charge in [0.2, 0.25) is 0 Å². The van der Waals surface area contributed by atoms with Gasteiger partial charge in [-0.2, -0.15) is 13.2 Å². The molecule has 0 N–H and O–H groups in total. The van der Waals surface area contributed by atoms with Gasteiger partial charge in [0, 0.05) is 35.3 Å². The first kappa shape index (κ1) is 33.1. The van der Waals surface area contributed by atoms with Gasteiger partial charge in [0.05, 0.1) is 16.9 Å². The minimum Gasteiger partial charge on any atom is -0.559 e. The summed E-state index contributed by atoms with van der Waals surface area (Å²) in [6.07, 6.45) is -1.62. The van der Waals surface area contributed by atoms with Crippen LogP contribution in [0.4, 0.5) is 13.2 Å². The monoisotopic (exact) mass is 631 g/mol. The van der Waals surface area contributed by atoms with Crippen LogP contribution < -0.4 is 0 Å². The minimum absolute atomic E-state index is 0.00562. The number of pyridine rings is 1. The third kappa shape index (κ3) is 5.66. The molecule has 1 aromatic carbocycles. The minimum atomic E-state index is -4.42. The highest BCUT2D eigenvalue weighted by molar-refractivity contribution is 6.74. The van der Waals surface area contributed by atoms with E-state index in [1.54, 1.807) is 12.1 Å². The predicted molar refractivity (Wildman–Crippen MR) is 167 cm³/mol. The van der Waals surface area contributed by atoms with Crippen molar-refractivity contribution in [3.05, 3.63) is 63.5 Å². The van der Waals surface area contributed by atoms with Crippen molar-refractivity contribution >= 4 is 14.3 Å². The molecule has 1 aromatic heterocycles. The molecule has 0 bridgehead atoms. The van der Waals surface area contributed by atoms with Gasteiger partial charge in [0.1, 0.15) is 12.2 Å². The van der Waals surface area contributed by atoms with E-state index in [1.807, 2.05) is 0 Å². The van der Waals surface area contributed by atoms with E-state index in [0.29, 0.717) is 12.0 Å². The van der Waals surface area contributed by atoms with E-state index in [9.17, 15) is 18.0 Å². The van der Waals surface area contributed by atoms with Crippen LogP contribution in [0.3, 0.4) is 0 Å². The first-order chi connectivity index (χ1) is 20.2. The van der Waals surface area contributed by atoms with Crippen molar-refractivity contribution in [1.82, 2.24) is 4.98 Å². The topological polar surface area (TPSA) is 57.7 Å². The highest BCUT2D eigenvalue weighted by Crippen LogP contribution is 2.62. The van der Waals surface area contributed by atoms with Crippen LogP contribution in [0.5, 0.6) is 0 Å². The van der Waals surface area contributed by atoms with Crippen LogP contribution in [0.15, 0.2) is 24.3 Å². The molecule has 0 amide bonds. The second-order valence-electron chi connectivity index (χ2n) is 15.6. The number of ether oxygens (including phenoxy) is 2. The highest BCUT2D eigenvalue weighted by Gasteiger charge is 2.55. The maximum atomic E-state index is 13.5. The molecule has 9 heteroatoms. The SMILES string of the molecule is CC(=O)O[C@@H]1c2nc(C(C)C)c3c(c2[C@@H](O[Si-](C)(C)C(C)(C)C)CC1(C)C)C1(CCCC1)O[C@@H]3c1ccc(C(F)(F)F)cc1. The van der Waals surface area contributed by atoms with Gasteiger partial charge in [-0.1, -0.05) is 73.4 Å². The summed E-state index contributed by atoms with van der Waals surface area (Å²) in [5, 5.41) is -0.0389. The Morgan fingerprint density at radius 2 is 1.64 bits per heavy atom. The Morgan fingerprint density at radius 3 is 2.14 bits per heavy atom. The number of hydrogen-bond donors (Lipinski definition) is 0. The number of carbonyl (C=O) groups excluding carboxylic acids is 1. The molecular weight excluding hydrogens is 583 g/mol. The number of benzene rings is 1. The van der Waals surface area contributed by atoms with Crippen LogP contribution in [0, 0.1) is 5.41 Å². The van der Waals surface area contributed by atoms with Crippen LogP contribution in [-0.4, -0.2) is 19.3 Å². The van der Waals surface area contributed by atoms with Gasteiger partial charge in [0.15, 0.2) is 0 Å². The Kier molecular flexibility index (Phi) is 8.24. The van der Waals surface area contributed by atoms with Gasteiger partial charge in [-0.25, -0.2) is 0 Å². The number of nitrogens with zero attached hydrogens (tertiary/aromatic N) is 1. The van der Waals surface area contributed by atoms with E-state index in [4.69, 9.17) is 18.9 Å². The quantitative estimate of drug-likeness (QED) is 0.243. The number of hydrogen-bond acceptors (Lipinski definition) is 5. The van der Waals surface area contributed by atoms with Crippen molar-refractivity contribution < 1.29 is 31.9 Å². The number of alkyl halides is 3. The first-order valence-corrected chi connectivity index (χ1v) is 18.9. The number of aromatic nitrogens is 1. The van der Waals surface area contributed by atoms with Gasteiger partial charge in [-0.3, -0.25) is 9.78 Å². The third-order valence-corrected chi connectivity index (χ3v) is 14.9. The summed E-state index contributed by atoms with van der Waals surface area (Å²) in [7, 11) is -2.28. The lowest BCUT2D eigenvalue weighted by atomic mass is 9.68. The van der Waals surface area contributed by atoms with Gasteiger partial charge in [-0.15, -0.1) is 18.1 Å². The van der Waals surface area contributed by atoms with E-state index in [2.05, 4.69) is 61.6 Å². The molecule has 1 saturated carbocycles. The summed E-state index contributed by atoms with van der Waals surface area (Å²) in [5.41, 5.74) is 3.51. The molecule has 5 rings (SSSR count). The Balaban J connectivity index is 1.82. The fourth-order valence-corrected chi connectivity index (χ4v) is 8.45. The molecule has 243 valence electrons. The molecule has 1 spiro atoms. The van der Waals surface area contributed by atoms with Crippen molar-refractivity contribution in [2.24, 2.45) is 5.41 Å². The fraction of sp³-hybridized carbons (Fsp3) is 0.657. The average molecular weight is 632 g/mol. The molecule has 3 atom stereocenters. The zero-order chi connectivity index (χ0) is 32.6. The second kappa shape index (κ2) is 10.9. The van der Waals surface area contributed by atoms with Crippen LogP contribution in [0.25, 0.3) is 0 Å². The average Bonchev–Trinajstić information content (AvgIpc) is 3.49. The van der Waals surface area contributed by atoms with Crippen molar-refractivity contribution in [1.29, 1.82) is 0 Å². The summed E-state index contributed by atoms with van der Waals surface area (Å²) < 4.78 is 60.9. The van der Waals surface area contributed by atoms with Crippen molar-refractivity contribution in [3.63, 3.8) is 0 Å². The molecule has 2 aromatic rings. The maximum Gasteiger partial charge on any atom is 0.416 e. The highest BCUT2D eigenvalue weighted by atomic mass is 28.4. The van der Waals surface area contributed by atoms with Gasteiger partial charge >= 0.3 is 12.1 Å². The van der Waals surface area contributed by atoms with E-state index < -0.39 is 43.3 Å². The maximum absolute atomic E-state index is 13.5. The van der Waals surface area contributed by atoms with Crippen LogP contribution in [0.2, 0.25) is 18.1 Å². The summed E-state index contributed by atoms with van der Waals surface area (Å²) >= 11 is 0. The van der Waals surface area contributed by atoms with Crippen molar-refractivity contribution in [3.8, 4) is 0 Å². The normalized spacial score (nSPS) is 24.5. The Bertz CT molecular complexity index is 1420. The van der Waals surface area contributed by atoms with E-state index in [0.717, 1.165) is 65.9 Å². The molecule has 2 heterocycles. The number of fused-ring (bicyclic) bond motifs is 4. The zero-order valence-corrected chi connectivity index (χ0v) is 28.9. The van der Waals surface area contributed by atoms with E-state index in [-0.39, 0.29) is 23.0 Å². The molecular formula is C35H48F3NO4Si-. The number of esters is 1. The Hall–Kier alpha value is -2.23. The molecule has 1 aliphatic heterocycles. The molecule has 1 fully saturated rings. The molecule has 0 saturated heterocycles.